The van der Waals surface area contributed by atoms with Crippen molar-refractivity contribution in [3.05, 3.63) is 42.5 Å². The lowest BCUT2D eigenvalue weighted by molar-refractivity contribution is 0.141. The summed E-state index contributed by atoms with van der Waals surface area (Å²) in [6, 6.07) is 10.9. The molecule has 0 amide bonds. The summed E-state index contributed by atoms with van der Waals surface area (Å²) >= 11 is 0. The number of benzene rings is 1. The fraction of sp³-hybridized carbons (Fsp3) is 0.600. The van der Waals surface area contributed by atoms with Gasteiger partial charge in [-0.1, -0.05) is 76.6 Å². The summed E-state index contributed by atoms with van der Waals surface area (Å²) in [5, 5.41) is 0. The average molecular weight is 286 g/mol. The standard InChI is InChI=1S/C20H30O/c1-4-6-8-9-13-17-20(16-7-5-2)21-18(3)19-14-11-10-12-15-19/h3,10-12,14,20H,4-9,13,16-17H2,1-2H3. The van der Waals surface area contributed by atoms with Crippen molar-refractivity contribution in [3.8, 4) is 0 Å². The molecule has 0 heterocycles. The van der Waals surface area contributed by atoms with Crippen molar-refractivity contribution in [1.29, 1.82) is 0 Å². The maximum absolute atomic E-state index is 6.08. The molecule has 1 atom stereocenters. The molecule has 0 aromatic heterocycles. The fourth-order valence-corrected chi connectivity index (χ4v) is 2.46. The Labute approximate surface area is 131 Å². The van der Waals surface area contributed by atoms with Gasteiger partial charge in [-0.3, -0.25) is 0 Å². The first kappa shape index (κ1) is 17.8. The summed E-state index contributed by atoms with van der Waals surface area (Å²) in [7, 11) is 0. The van der Waals surface area contributed by atoms with Gasteiger partial charge < -0.3 is 4.74 Å². The summed E-state index contributed by atoms with van der Waals surface area (Å²) in [5.74, 6) is 0.519. The van der Waals surface area contributed by atoms with Crippen LogP contribution in [0.25, 0.3) is 5.76 Å². The molecule has 0 aliphatic heterocycles. The smallest absolute Gasteiger partial charge is 0.127 e. The molecule has 1 aromatic rings. The SMILES string of the molecule is [CH]=C(OC(CCCC)CCCCCCC)c1[c]cccc1. The van der Waals surface area contributed by atoms with Crippen LogP contribution in [0.2, 0.25) is 0 Å². The summed E-state index contributed by atoms with van der Waals surface area (Å²) in [4.78, 5) is 0. The van der Waals surface area contributed by atoms with Crippen LogP contribution < -0.4 is 0 Å². The van der Waals surface area contributed by atoms with Gasteiger partial charge in [-0.15, -0.1) is 0 Å². The largest absolute Gasteiger partial charge is 0.490 e. The first-order valence-electron chi connectivity index (χ1n) is 8.54. The highest BCUT2D eigenvalue weighted by Crippen LogP contribution is 2.21. The molecule has 1 nitrogen and oxygen atoms in total. The molecule has 0 spiro atoms. The van der Waals surface area contributed by atoms with Crippen molar-refractivity contribution in [3.63, 3.8) is 0 Å². The Kier molecular flexibility index (Phi) is 9.69. The van der Waals surface area contributed by atoms with Gasteiger partial charge in [0.1, 0.15) is 5.76 Å². The van der Waals surface area contributed by atoms with Gasteiger partial charge in [0.25, 0.3) is 0 Å². The lowest BCUT2D eigenvalue weighted by Gasteiger charge is -2.20. The lowest BCUT2D eigenvalue weighted by atomic mass is 10.0. The van der Waals surface area contributed by atoms with Crippen LogP contribution in [-0.4, -0.2) is 6.10 Å². The molecule has 0 aliphatic carbocycles. The summed E-state index contributed by atoms with van der Waals surface area (Å²) < 4.78 is 6.01. The fourth-order valence-electron chi connectivity index (χ4n) is 2.46. The van der Waals surface area contributed by atoms with Gasteiger partial charge in [-0.2, -0.15) is 0 Å². The van der Waals surface area contributed by atoms with Crippen molar-refractivity contribution in [2.75, 3.05) is 0 Å². The van der Waals surface area contributed by atoms with E-state index in [1.807, 2.05) is 24.3 Å². The highest BCUT2D eigenvalue weighted by molar-refractivity contribution is 5.55. The van der Waals surface area contributed by atoms with Crippen LogP contribution in [0.3, 0.4) is 0 Å². The third-order valence-electron chi connectivity index (χ3n) is 3.78. The Bertz CT molecular complexity index is 369. The van der Waals surface area contributed by atoms with Gasteiger partial charge in [-0.25, -0.2) is 0 Å². The van der Waals surface area contributed by atoms with Crippen molar-refractivity contribution < 1.29 is 4.74 Å². The van der Waals surface area contributed by atoms with Crippen LogP contribution in [0.4, 0.5) is 0 Å². The van der Waals surface area contributed by atoms with Gasteiger partial charge in [0.15, 0.2) is 0 Å². The van der Waals surface area contributed by atoms with Crippen molar-refractivity contribution >= 4 is 5.76 Å². The zero-order valence-electron chi connectivity index (χ0n) is 13.7. The van der Waals surface area contributed by atoms with E-state index in [9.17, 15) is 0 Å². The third kappa shape index (κ3) is 7.94. The molecule has 0 saturated carbocycles. The van der Waals surface area contributed by atoms with E-state index >= 15 is 0 Å². The average Bonchev–Trinajstić information content (AvgIpc) is 2.52. The normalized spacial score (nSPS) is 12.1. The highest BCUT2D eigenvalue weighted by atomic mass is 16.5. The zero-order chi connectivity index (χ0) is 15.3. The predicted octanol–water partition coefficient (Wildman–Crippen LogP) is 6.20. The lowest BCUT2D eigenvalue weighted by Crippen LogP contribution is -2.12. The third-order valence-corrected chi connectivity index (χ3v) is 3.78. The Morgan fingerprint density at radius 2 is 1.76 bits per heavy atom. The van der Waals surface area contributed by atoms with Crippen molar-refractivity contribution in [2.45, 2.75) is 77.7 Å². The number of rotatable bonds is 12. The van der Waals surface area contributed by atoms with Crippen LogP contribution in [0, 0.1) is 12.6 Å². The van der Waals surface area contributed by atoms with E-state index in [2.05, 4.69) is 19.9 Å². The Morgan fingerprint density at radius 1 is 1.05 bits per heavy atom. The summed E-state index contributed by atoms with van der Waals surface area (Å²) in [5.41, 5.74) is 0.866. The monoisotopic (exact) mass is 286 g/mol. The Morgan fingerprint density at radius 3 is 2.43 bits per heavy atom. The molecule has 0 N–H and O–H groups in total. The van der Waals surface area contributed by atoms with E-state index in [1.54, 1.807) is 0 Å². The van der Waals surface area contributed by atoms with E-state index in [0.717, 1.165) is 18.4 Å². The number of unbranched alkanes of at least 4 members (excludes halogenated alkanes) is 5. The van der Waals surface area contributed by atoms with Crippen molar-refractivity contribution in [1.82, 2.24) is 0 Å². The number of ether oxygens (including phenoxy) is 1. The molecular weight excluding hydrogens is 256 g/mol. The van der Waals surface area contributed by atoms with Crippen LogP contribution in [0.1, 0.15) is 77.2 Å². The molecular formula is C20H30O. The maximum atomic E-state index is 6.08. The van der Waals surface area contributed by atoms with Crippen LogP contribution >= 0.6 is 0 Å². The molecule has 1 heteroatoms. The second-order valence-electron chi connectivity index (χ2n) is 5.73. The van der Waals surface area contributed by atoms with Crippen LogP contribution in [-0.2, 0) is 4.74 Å². The summed E-state index contributed by atoms with van der Waals surface area (Å²) in [6.07, 6.45) is 11.4. The quantitative estimate of drug-likeness (QED) is 0.328. The molecule has 1 unspecified atom stereocenters. The summed E-state index contributed by atoms with van der Waals surface area (Å²) in [6.45, 7) is 10.6. The van der Waals surface area contributed by atoms with Crippen LogP contribution in [0.15, 0.2) is 24.3 Å². The molecule has 1 rings (SSSR count). The van der Waals surface area contributed by atoms with Crippen LogP contribution in [0.5, 0.6) is 0 Å². The first-order chi connectivity index (χ1) is 10.3. The molecule has 1 aromatic carbocycles. The topological polar surface area (TPSA) is 9.23 Å². The number of hydrogen-bond donors (Lipinski definition) is 0. The van der Waals surface area contributed by atoms with Gasteiger partial charge in [-0.05, 0) is 31.9 Å². The molecule has 0 fully saturated rings. The minimum absolute atomic E-state index is 0.250. The molecule has 0 bridgehead atoms. The first-order valence-corrected chi connectivity index (χ1v) is 8.54. The molecule has 21 heavy (non-hydrogen) atoms. The van der Waals surface area contributed by atoms with Gasteiger partial charge in [0.2, 0.25) is 0 Å². The van der Waals surface area contributed by atoms with E-state index < -0.39 is 0 Å². The minimum atomic E-state index is 0.250. The Hall–Kier alpha value is -1.24. The second kappa shape index (κ2) is 11.4. The van der Waals surface area contributed by atoms with E-state index in [1.165, 1.54) is 44.9 Å². The molecule has 116 valence electrons. The second-order valence-corrected chi connectivity index (χ2v) is 5.73. The van der Waals surface area contributed by atoms with Gasteiger partial charge >= 0.3 is 0 Å². The Balaban J connectivity index is 2.39. The van der Waals surface area contributed by atoms with Gasteiger partial charge in [0.05, 0.1) is 6.10 Å². The predicted molar refractivity (Wildman–Crippen MR) is 90.8 cm³/mol. The molecule has 0 aliphatic rings. The molecule has 2 radical (unpaired) electrons. The van der Waals surface area contributed by atoms with E-state index in [-0.39, 0.29) is 6.10 Å². The minimum Gasteiger partial charge on any atom is -0.490 e. The molecule has 0 saturated heterocycles. The van der Waals surface area contributed by atoms with Gasteiger partial charge in [0, 0.05) is 5.56 Å². The van der Waals surface area contributed by atoms with E-state index in [4.69, 9.17) is 11.3 Å². The number of hydrogen-bond acceptors (Lipinski definition) is 1. The van der Waals surface area contributed by atoms with E-state index in [0.29, 0.717) is 5.76 Å². The van der Waals surface area contributed by atoms with Crippen molar-refractivity contribution in [2.24, 2.45) is 0 Å². The zero-order valence-corrected chi connectivity index (χ0v) is 13.7. The highest BCUT2D eigenvalue weighted by Gasteiger charge is 2.11. The maximum Gasteiger partial charge on any atom is 0.127 e.